The van der Waals surface area contributed by atoms with E-state index in [4.69, 9.17) is 0 Å². The molecule has 0 atom stereocenters. The third-order valence-electron chi connectivity index (χ3n) is 2.27. The number of hydrogen-bond acceptors (Lipinski definition) is 5. The summed E-state index contributed by atoms with van der Waals surface area (Å²) in [5.74, 6) is 0. The van der Waals surface area contributed by atoms with Crippen LogP contribution < -0.4 is 11.2 Å². The van der Waals surface area contributed by atoms with Crippen LogP contribution in [-0.4, -0.2) is 19.4 Å². The summed E-state index contributed by atoms with van der Waals surface area (Å²) in [6, 6.07) is 0. The molecule has 0 saturated carbocycles. The molecule has 0 bridgehead atoms. The molecule has 2 heterocycles. The van der Waals surface area contributed by atoms with Gasteiger partial charge in [-0.1, -0.05) is 0 Å². The van der Waals surface area contributed by atoms with Crippen molar-refractivity contribution in [1.82, 2.24) is 19.4 Å². The first kappa shape index (κ1) is 9.63. The summed E-state index contributed by atoms with van der Waals surface area (Å²) in [6.07, 6.45) is 0. The van der Waals surface area contributed by atoms with Gasteiger partial charge in [0.25, 0.3) is 5.56 Å². The molecule has 0 fully saturated rings. The molecule has 0 saturated heterocycles. The number of aromatic nitrogens is 4. The maximum atomic E-state index is 11.8. The standard InChI is InChI=1S/C8H10N4O3/c1-3-11-6-5(9-15-10-6)7(13)12(4-2)8(11)14/h3-4H2,1-2H3. The molecule has 15 heavy (non-hydrogen) atoms. The van der Waals surface area contributed by atoms with Gasteiger partial charge in [-0.2, -0.15) is 0 Å². The molecule has 0 spiro atoms. The fraction of sp³-hybridized carbons (Fsp3) is 0.500. The van der Waals surface area contributed by atoms with Gasteiger partial charge in [0.05, 0.1) is 0 Å². The Morgan fingerprint density at radius 3 is 2.40 bits per heavy atom. The van der Waals surface area contributed by atoms with E-state index < -0.39 is 5.56 Å². The highest BCUT2D eigenvalue weighted by Gasteiger charge is 2.15. The van der Waals surface area contributed by atoms with E-state index in [0.717, 1.165) is 4.57 Å². The lowest BCUT2D eigenvalue weighted by Gasteiger charge is -2.05. The normalized spacial score (nSPS) is 11.1. The topological polar surface area (TPSA) is 82.9 Å². The van der Waals surface area contributed by atoms with Crippen molar-refractivity contribution in [3.05, 3.63) is 20.8 Å². The van der Waals surface area contributed by atoms with Crippen molar-refractivity contribution in [3.8, 4) is 0 Å². The zero-order chi connectivity index (χ0) is 11.0. The monoisotopic (exact) mass is 210 g/mol. The second kappa shape index (κ2) is 3.34. The summed E-state index contributed by atoms with van der Waals surface area (Å²) in [5.41, 5.74) is -0.535. The maximum Gasteiger partial charge on any atom is 0.332 e. The van der Waals surface area contributed by atoms with E-state index in [1.807, 2.05) is 0 Å². The second-order valence-corrected chi connectivity index (χ2v) is 3.01. The SMILES string of the molecule is CCn1c(=O)c2nonc2n(CC)c1=O. The van der Waals surface area contributed by atoms with Crippen LogP contribution in [0, 0.1) is 0 Å². The summed E-state index contributed by atoms with van der Waals surface area (Å²) in [4.78, 5) is 23.5. The molecule has 0 N–H and O–H groups in total. The number of aryl methyl sites for hydroxylation is 1. The average Bonchev–Trinajstić information content (AvgIpc) is 2.68. The number of fused-ring (bicyclic) bond motifs is 1. The molecule has 0 aliphatic carbocycles. The highest BCUT2D eigenvalue weighted by atomic mass is 16.6. The summed E-state index contributed by atoms with van der Waals surface area (Å²) in [6.45, 7) is 4.24. The van der Waals surface area contributed by atoms with Gasteiger partial charge in [0.1, 0.15) is 0 Å². The summed E-state index contributed by atoms with van der Waals surface area (Å²) >= 11 is 0. The van der Waals surface area contributed by atoms with Crippen LogP contribution in [0.5, 0.6) is 0 Å². The van der Waals surface area contributed by atoms with Gasteiger partial charge in [-0.05, 0) is 24.2 Å². The molecule has 7 nitrogen and oxygen atoms in total. The van der Waals surface area contributed by atoms with Crippen molar-refractivity contribution in [3.63, 3.8) is 0 Å². The molecule has 0 unspecified atom stereocenters. The Balaban J connectivity index is 3.04. The first-order chi connectivity index (χ1) is 7.20. The Morgan fingerprint density at radius 1 is 1.13 bits per heavy atom. The van der Waals surface area contributed by atoms with E-state index in [2.05, 4.69) is 14.9 Å². The molecule has 2 aromatic rings. The summed E-state index contributed by atoms with van der Waals surface area (Å²) < 4.78 is 6.93. The first-order valence-electron chi connectivity index (χ1n) is 4.66. The third kappa shape index (κ3) is 1.19. The van der Waals surface area contributed by atoms with Crippen LogP contribution in [0.25, 0.3) is 11.2 Å². The average molecular weight is 210 g/mol. The molecule has 0 aliphatic rings. The van der Waals surface area contributed by atoms with Crippen LogP contribution in [0.2, 0.25) is 0 Å². The Hall–Kier alpha value is -1.92. The lowest BCUT2D eigenvalue weighted by atomic mass is 10.5. The first-order valence-corrected chi connectivity index (χ1v) is 4.66. The van der Waals surface area contributed by atoms with E-state index in [-0.39, 0.29) is 16.9 Å². The Labute approximate surface area is 83.9 Å². The van der Waals surface area contributed by atoms with Crippen LogP contribution in [0.1, 0.15) is 13.8 Å². The predicted molar refractivity (Wildman–Crippen MR) is 51.7 cm³/mol. The predicted octanol–water partition coefficient (Wildman–Crippen LogP) is -0.414. The molecule has 0 radical (unpaired) electrons. The van der Waals surface area contributed by atoms with Gasteiger partial charge in [-0.3, -0.25) is 13.9 Å². The largest absolute Gasteiger partial charge is 0.332 e. The minimum atomic E-state index is -0.455. The van der Waals surface area contributed by atoms with E-state index >= 15 is 0 Å². The van der Waals surface area contributed by atoms with Crippen molar-refractivity contribution in [1.29, 1.82) is 0 Å². The Bertz CT molecular complexity index is 606. The summed E-state index contributed by atoms with van der Waals surface area (Å²) in [5, 5.41) is 7.05. The summed E-state index contributed by atoms with van der Waals surface area (Å²) in [7, 11) is 0. The molecule has 0 amide bonds. The molecule has 2 rings (SSSR count). The minimum Gasteiger partial charge on any atom is -0.273 e. The van der Waals surface area contributed by atoms with Crippen LogP contribution >= 0.6 is 0 Å². The Morgan fingerprint density at radius 2 is 1.80 bits per heavy atom. The lowest BCUT2D eigenvalue weighted by molar-refractivity contribution is 0.313. The third-order valence-corrected chi connectivity index (χ3v) is 2.27. The molecule has 0 aliphatic heterocycles. The van der Waals surface area contributed by atoms with Gasteiger partial charge in [-0.15, -0.1) is 0 Å². The van der Waals surface area contributed by atoms with Gasteiger partial charge in [0.15, 0.2) is 0 Å². The molecule has 80 valence electrons. The van der Waals surface area contributed by atoms with E-state index in [9.17, 15) is 9.59 Å². The van der Waals surface area contributed by atoms with Crippen molar-refractivity contribution in [2.24, 2.45) is 0 Å². The number of rotatable bonds is 2. The van der Waals surface area contributed by atoms with Crippen molar-refractivity contribution in [2.45, 2.75) is 26.9 Å². The van der Waals surface area contributed by atoms with Crippen LogP contribution in [0.15, 0.2) is 14.2 Å². The Kier molecular flexibility index (Phi) is 2.14. The molecular weight excluding hydrogens is 200 g/mol. The fourth-order valence-corrected chi connectivity index (χ4v) is 1.51. The zero-order valence-corrected chi connectivity index (χ0v) is 8.43. The highest BCUT2D eigenvalue weighted by molar-refractivity contribution is 5.67. The molecule has 0 aromatic carbocycles. The molecule has 7 heteroatoms. The van der Waals surface area contributed by atoms with Gasteiger partial charge < -0.3 is 0 Å². The van der Waals surface area contributed by atoms with Gasteiger partial charge in [0.2, 0.25) is 11.2 Å². The van der Waals surface area contributed by atoms with Gasteiger partial charge in [0, 0.05) is 13.1 Å². The van der Waals surface area contributed by atoms with Crippen LogP contribution in [0.4, 0.5) is 0 Å². The van der Waals surface area contributed by atoms with Crippen molar-refractivity contribution < 1.29 is 4.63 Å². The van der Waals surface area contributed by atoms with Gasteiger partial charge >= 0.3 is 5.69 Å². The number of nitrogens with zero attached hydrogens (tertiary/aromatic N) is 4. The van der Waals surface area contributed by atoms with E-state index in [1.165, 1.54) is 4.57 Å². The zero-order valence-electron chi connectivity index (χ0n) is 8.43. The van der Waals surface area contributed by atoms with Gasteiger partial charge in [-0.25, -0.2) is 9.42 Å². The quantitative estimate of drug-likeness (QED) is 0.672. The van der Waals surface area contributed by atoms with E-state index in [1.54, 1.807) is 13.8 Å². The second-order valence-electron chi connectivity index (χ2n) is 3.01. The van der Waals surface area contributed by atoms with Crippen molar-refractivity contribution >= 4 is 11.2 Å². The van der Waals surface area contributed by atoms with Crippen LogP contribution in [0.3, 0.4) is 0 Å². The molecular formula is C8H10N4O3. The number of hydrogen-bond donors (Lipinski definition) is 0. The fourth-order valence-electron chi connectivity index (χ4n) is 1.51. The maximum absolute atomic E-state index is 11.8. The van der Waals surface area contributed by atoms with Crippen molar-refractivity contribution in [2.75, 3.05) is 0 Å². The minimum absolute atomic E-state index is 0.0956. The van der Waals surface area contributed by atoms with E-state index in [0.29, 0.717) is 13.1 Å². The lowest BCUT2D eigenvalue weighted by Crippen LogP contribution is -2.39. The molecule has 2 aromatic heterocycles. The highest BCUT2D eigenvalue weighted by Crippen LogP contribution is 2.00. The smallest absolute Gasteiger partial charge is 0.273 e. The van der Waals surface area contributed by atoms with Crippen LogP contribution in [-0.2, 0) is 13.1 Å².